The van der Waals surface area contributed by atoms with Crippen LogP contribution in [0.25, 0.3) is 0 Å². The monoisotopic (exact) mass is 260 g/mol. The molecule has 19 heavy (non-hydrogen) atoms. The molecule has 6 nitrogen and oxygen atoms in total. The molecule has 0 radical (unpaired) electrons. The second kappa shape index (κ2) is 4.87. The first-order valence-electron chi connectivity index (χ1n) is 6.45. The van der Waals surface area contributed by atoms with E-state index < -0.39 is 0 Å². The van der Waals surface area contributed by atoms with Crippen LogP contribution in [0.3, 0.4) is 0 Å². The quantitative estimate of drug-likeness (QED) is 0.892. The molecule has 0 aliphatic carbocycles. The Balaban J connectivity index is 1.62. The second-order valence-electron chi connectivity index (χ2n) is 4.82. The number of carbonyl (C=O) groups is 1. The maximum absolute atomic E-state index is 12.1. The molecule has 0 unspecified atom stereocenters. The van der Waals surface area contributed by atoms with Crippen LogP contribution in [-0.2, 0) is 0 Å². The Labute approximate surface area is 110 Å². The summed E-state index contributed by atoms with van der Waals surface area (Å²) >= 11 is 0. The standard InChI is InChI=1S/C13H16N4O2/c1-9-14-12(16-15-9)10-4-6-17(7-5-10)13(18)11-3-2-8-19-11/h2-3,8,10H,4-7H2,1H3,(H,14,15,16). The van der Waals surface area contributed by atoms with Crippen LogP contribution >= 0.6 is 0 Å². The summed E-state index contributed by atoms with van der Waals surface area (Å²) < 4.78 is 5.14. The molecule has 1 N–H and O–H groups in total. The smallest absolute Gasteiger partial charge is 0.289 e. The molecule has 100 valence electrons. The summed E-state index contributed by atoms with van der Waals surface area (Å²) in [5.74, 6) is 2.42. The normalized spacial score (nSPS) is 16.8. The average molecular weight is 260 g/mol. The van der Waals surface area contributed by atoms with Crippen LogP contribution in [0, 0.1) is 6.92 Å². The predicted octanol–water partition coefficient (Wildman–Crippen LogP) is 1.73. The number of rotatable bonds is 2. The van der Waals surface area contributed by atoms with Gasteiger partial charge in [0, 0.05) is 19.0 Å². The zero-order valence-corrected chi connectivity index (χ0v) is 10.8. The van der Waals surface area contributed by atoms with Gasteiger partial charge in [0.05, 0.1) is 6.26 Å². The number of hydrogen-bond acceptors (Lipinski definition) is 4. The van der Waals surface area contributed by atoms with Gasteiger partial charge in [0.1, 0.15) is 5.82 Å². The van der Waals surface area contributed by atoms with E-state index in [9.17, 15) is 4.79 Å². The highest BCUT2D eigenvalue weighted by molar-refractivity contribution is 5.91. The summed E-state index contributed by atoms with van der Waals surface area (Å²) in [7, 11) is 0. The number of amides is 1. The fourth-order valence-electron chi connectivity index (χ4n) is 2.44. The molecule has 1 aliphatic heterocycles. The first kappa shape index (κ1) is 12.0. The average Bonchev–Trinajstić information content (AvgIpc) is 3.09. The summed E-state index contributed by atoms with van der Waals surface area (Å²) in [6.45, 7) is 3.33. The number of hydrogen-bond donors (Lipinski definition) is 1. The number of likely N-dealkylation sites (tertiary alicyclic amines) is 1. The highest BCUT2D eigenvalue weighted by Gasteiger charge is 2.27. The third kappa shape index (κ3) is 2.38. The van der Waals surface area contributed by atoms with Crippen molar-refractivity contribution < 1.29 is 9.21 Å². The number of carbonyl (C=O) groups excluding carboxylic acids is 1. The molecule has 0 bridgehead atoms. The minimum atomic E-state index is -0.0328. The summed E-state index contributed by atoms with van der Waals surface area (Å²) in [4.78, 5) is 18.3. The van der Waals surface area contributed by atoms with Gasteiger partial charge >= 0.3 is 0 Å². The molecule has 1 saturated heterocycles. The lowest BCUT2D eigenvalue weighted by molar-refractivity contribution is 0.0679. The summed E-state index contributed by atoms with van der Waals surface area (Å²) in [6, 6.07) is 3.43. The van der Waals surface area contributed by atoms with Gasteiger partial charge in [-0.1, -0.05) is 0 Å². The van der Waals surface area contributed by atoms with Crippen LogP contribution in [0.15, 0.2) is 22.8 Å². The van der Waals surface area contributed by atoms with E-state index in [0.29, 0.717) is 11.7 Å². The van der Waals surface area contributed by atoms with Gasteiger partial charge in [-0.05, 0) is 31.9 Å². The molecule has 1 aliphatic rings. The zero-order valence-electron chi connectivity index (χ0n) is 10.8. The van der Waals surface area contributed by atoms with Crippen LogP contribution in [0.1, 0.15) is 41.0 Å². The van der Waals surface area contributed by atoms with E-state index in [0.717, 1.165) is 37.6 Å². The van der Waals surface area contributed by atoms with Gasteiger partial charge in [-0.3, -0.25) is 9.89 Å². The third-order valence-corrected chi connectivity index (χ3v) is 3.49. The number of aromatic amines is 1. The van der Waals surface area contributed by atoms with Crippen molar-refractivity contribution in [1.82, 2.24) is 20.1 Å². The molecule has 3 rings (SSSR count). The van der Waals surface area contributed by atoms with E-state index in [1.165, 1.54) is 6.26 Å². The minimum absolute atomic E-state index is 0.0328. The highest BCUT2D eigenvalue weighted by atomic mass is 16.3. The summed E-state index contributed by atoms with van der Waals surface area (Å²) in [5, 5.41) is 7.07. The Morgan fingerprint density at radius 2 is 2.26 bits per heavy atom. The summed E-state index contributed by atoms with van der Waals surface area (Å²) in [6.07, 6.45) is 3.31. The Morgan fingerprint density at radius 1 is 1.47 bits per heavy atom. The van der Waals surface area contributed by atoms with Crippen molar-refractivity contribution in [3.63, 3.8) is 0 Å². The van der Waals surface area contributed by atoms with Gasteiger partial charge in [0.25, 0.3) is 5.91 Å². The maximum Gasteiger partial charge on any atom is 0.289 e. The fourth-order valence-corrected chi connectivity index (χ4v) is 2.44. The molecule has 2 aromatic heterocycles. The van der Waals surface area contributed by atoms with Crippen molar-refractivity contribution in [3.8, 4) is 0 Å². The Hall–Kier alpha value is -2.11. The van der Waals surface area contributed by atoms with Crippen LogP contribution in [0.4, 0.5) is 0 Å². The van der Waals surface area contributed by atoms with E-state index in [-0.39, 0.29) is 5.91 Å². The van der Waals surface area contributed by atoms with Crippen molar-refractivity contribution in [2.24, 2.45) is 0 Å². The lowest BCUT2D eigenvalue weighted by Gasteiger charge is -2.30. The zero-order chi connectivity index (χ0) is 13.2. The van der Waals surface area contributed by atoms with Crippen LogP contribution in [-0.4, -0.2) is 39.1 Å². The first-order chi connectivity index (χ1) is 9.24. The lowest BCUT2D eigenvalue weighted by atomic mass is 9.96. The topological polar surface area (TPSA) is 75.0 Å². The molecule has 0 saturated carbocycles. The van der Waals surface area contributed by atoms with E-state index in [1.807, 2.05) is 11.8 Å². The second-order valence-corrected chi connectivity index (χ2v) is 4.82. The number of aryl methyl sites for hydroxylation is 1. The third-order valence-electron chi connectivity index (χ3n) is 3.49. The number of piperidine rings is 1. The van der Waals surface area contributed by atoms with E-state index >= 15 is 0 Å². The number of nitrogens with zero attached hydrogens (tertiary/aromatic N) is 3. The highest BCUT2D eigenvalue weighted by Crippen LogP contribution is 2.26. The minimum Gasteiger partial charge on any atom is -0.459 e. The van der Waals surface area contributed by atoms with Gasteiger partial charge in [-0.25, -0.2) is 4.98 Å². The van der Waals surface area contributed by atoms with Crippen LogP contribution < -0.4 is 0 Å². The summed E-state index contributed by atoms with van der Waals surface area (Å²) in [5.41, 5.74) is 0. The maximum atomic E-state index is 12.1. The molecular formula is C13H16N4O2. The number of nitrogens with one attached hydrogen (secondary N) is 1. The lowest BCUT2D eigenvalue weighted by Crippen LogP contribution is -2.37. The van der Waals surface area contributed by atoms with E-state index in [4.69, 9.17) is 4.42 Å². The molecule has 0 atom stereocenters. The molecule has 2 aromatic rings. The van der Waals surface area contributed by atoms with Crippen molar-refractivity contribution in [3.05, 3.63) is 35.8 Å². The van der Waals surface area contributed by atoms with Crippen molar-refractivity contribution in [2.75, 3.05) is 13.1 Å². The molecular weight excluding hydrogens is 244 g/mol. The van der Waals surface area contributed by atoms with Crippen molar-refractivity contribution in [2.45, 2.75) is 25.7 Å². The molecule has 1 amide bonds. The number of furan rings is 1. The van der Waals surface area contributed by atoms with Gasteiger partial charge in [0.15, 0.2) is 11.6 Å². The van der Waals surface area contributed by atoms with Crippen LogP contribution in [0.2, 0.25) is 0 Å². The first-order valence-corrected chi connectivity index (χ1v) is 6.45. The SMILES string of the molecule is Cc1nc(C2CCN(C(=O)c3ccco3)CC2)n[nH]1. The Kier molecular flexibility index (Phi) is 3.06. The van der Waals surface area contributed by atoms with Crippen LogP contribution in [0.5, 0.6) is 0 Å². The van der Waals surface area contributed by atoms with E-state index in [1.54, 1.807) is 12.1 Å². The van der Waals surface area contributed by atoms with Crippen molar-refractivity contribution >= 4 is 5.91 Å². The Bertz CT molecular complexity index is 553. The number of aromatic nitrogens is 3. The van der Waals surface area contributed by atoms with Gasteiger partial charge in [-0.15, -0.1) is 0 Å². The van der Waals surface area contributed by atoms with Gasteiger partial charge < -0.3 is 9.32 Å². The predicted molar refractivity (Wildman–Crippen MR) is 67.7 cm³/mol. The molecule has 6 heteroatoms. The van der Waals surface area contributed by atoms with Gasteiger partial charge in [0.2, 0.25) is 0 Å². The molecule has 3 heterocycles. The van der Waals surface area contributed by atoms with E-state index in [2.05, 4.69) is 15.2 Å². The fraction of sp³-hybridized carbons (Fsp3) is 0.462. The molecule has 1 fully saturated rings. The molecule has 0 aromatic carbocycles. The largest absolute Gasteiger partial charge is 0.459 e. The van der Waals surface area contributed by atoms with Gasteiger partial charge in [-0.2, -0.15) is 5.10 Å². The Morgan fingerprint density at radius 3 is 2.84 bits per heavy atom. The molecule has 0 spiro atoms. The van der Waals surface area contributed by atoms with Crippen molar-refractivity contribution in [1.29, 1.82) is 0 Å². The number of H-pyrrole nitrogens is 1.